The number of nitrogens with zero attached hydrogens (tertiary/aromatic N) is 3. The molecule has 0 fully saturated rings. The minimum Gasteiger partial charge on any atom is -0.490 e. The van der Waals surface area contributed by atoms with Gasteiger partial charge in [-0.3, -0.25) is 4.79 Å². The average molecular weight is 355 g/mol. The van der Waals surface area contributed by atoms with Crippen LogP contribution in [0, 0.1) is 0 Å². The molecule has 26 heavy (non-hydrogen) atoms. The highest BCUT2D eigenvalue weighted by atomic mass is 16.6. The van der Waals surface area contributed by atoms with E-state index in [4.69, 9.17) is 14.2 Å². The number of aromatic nitrogens is 3. The normalized spacial score (nSPS) is 10.5. The van der Waals surface area contributed by atoms with Crippen molar-refractivity contribution in [2.45, 2.75) is 13.7 Å². The lowest BCUT2D eigenvalue weighted by Gasteiger charge is -2.11. The summed E-state index contributed by atoms with van der Waals surface area (Å²) < 4.78 is 16.8. The maximum absolute atomic E-state index is 12.3. The third-order valence-electron chi connectivity index (χ3n) is 3.47. The highest BCUT2D eigenvalue weighted by Crippen LogP contribution is 2.26. The molecular weight excluding hydrogens is 338 g/mol. The van der Waals surface area contributed by atoms with Crippen LogP contribution in [-0.4, -0.2) is 34.2 Å². The van der Waals surface area contributed by atoms with E-state index in [1.54, 1.807) is 48.5 Å². The lowest BCUT2D eigenvalue weighted by Crippen LogP contribution is -2.27. The standard InChI is InChI=1S/C18H17N3O5/c1-2-24-15-9-5-6-10-16(15)25-11-17(22)26-12-21-18(23)13-7-3-4-8-14(13)19-20-21/h3-10H,2,11-12H2,1H3. The van der Waals surface area contributed by atoms with Crippen LogP contribution in [0.15, 0.2) is 53.3 Å². The number of para-hydroxylation sites is 2. The fourth-order valence-electron chi connectivity index (χ4n) is 2.26. The van der Waals surface area contributed by atoms with Crippen LogP contribution >= 0.6 is 0 Å². The van der Waals surface area contributed by atoms with E-state index in [0.29, 0.717) is 29.0 Å². The topological polar surface area (TPSA) is 92.5 Å². The largest absolute Gasteiger partial charge is 0.490 e. The van der Waals surface area contributed by atoms with Gasteiger partial charge in [0.1, 0.15) is 5.52 Å². The predicted octanol–water partition coefficient (Wildman–Crippen LogP) is 1.77. The number of carbonyl (C=O) groups excluding carboxylic acids is 1. The molecular formula is C18H17N3O5. The summed E-state index contributed by atoms with van der Waals surface area (Å²) in [4.78, 5) is 24.1. The Morgan fingerprint density at radius 2 is 1.73 bits per heavy atom. The third-order valence-corrected chi connectivity index (χ3v) is 3.47. The molecule has 0 amide bonds. The van der Waals surface area contributed by atoms with E-state index in [-0.39, 0.29) is 18.9 Å². The first kappa shape index (κ1) is 17.4. The van der Waals surface area contributed by atoms with Crippen molar-refractivity contribution in [3.63, 3.8) is 0 Å². The quantitative estimate of drug-likeness (QED) is 0.596. The van der Waals surface area contributed by atoms with E-state index < -0.39 is 5.97 Å². The smallest absolute Gasteiger partial charge is 0.345 e. The Balaban J connectivity index is 1.60. The van der Waals surface area contributed by atoms with Crippen LogP contribution in [0.3, 0.4) is 0 Å². The zero-order valence-electron chi connectivity index (χ0n) is 14.1. The van der Waals surface area contributed by atoms with Crippen LogP contribution in [0.1, 0.15) is 6.92 Å². The lowest BCUT2D eigenvalue weighted by atomic mass is 10.2. The van der Waals surface area contributed by atoms with Crippen LogP contribution in [0.2, 0.25) is 0 Å². The van der Waals surface area contributed by atoms with Crippen molar-refractivity contribution in [3.8, 4) is 11.5 Å². The molecule has 0 aliphatic carbocycles. The number of ether oxygens (including phenoxy) is 3. The first-order valence-corrected chi connectivity index (χ1v) is 8.02. The highest BCUT2D eigenvalue weighted by molar-refractivity contribution is 5.76. The molecule has 3 aromatic rings. The molecule has 0 saturated heterocycles. The summed E-state index contributed by atoms with van der Waals surface area (Å²) in [6.07, 6.45) is 0. The van der Waals surface area contributed by atoms with E-state index in [9.17, 15) is 9.59 Å². The first-order chi connectivity index (χ1) is 12.7. The molecule has 0 spiro atoms. The van der Waals surface area contributed by atoms with Crippen molar-refractivity contribution >= 4 is 16.9 Å². The number of hydrogen-bond acceptors (Lipinski definition) is 7. The summed E-state index contributed by atoms with van der Waals surface area (Å²) >= 11 is 0. The van der Waals surface area contributed by atoms with Gasteiger partial charge in [0.2, 0.25) is 0 Å². The van der Waals surface area contributed by atoms with Gasteiger partial charge in [0.05, 0.1) is 12.0 Å². The molecule has 8 heteroatoms. The molecule has 2 aromatic carbocycles. The first-order valence-electron chi connectivity index (χ1n) is 8.02. The van der Waals surface area contributed by atoms with Gasteiger partial charge in [-0.2, -0.15) is 4.68 Å². The average Bonchev–Trinajstić information content (AvgIpc) is 2.67. The highest BCUT2D eigenvalue weighted by Gasteiger charge is 2.10. The number of benzene rings is 2. The molecule has 0 atom stereocenters. The van der Waals surface area contributed by atoms with Crippen LogP contribution in [0.5, 0.6) is 11.5 Å². The SMILES string of the molecule is CCOc1ccccc1OCC(=O)OCn1nnc2ccccc2c1=O. The summed E-state index contributed by atoms with van der Waals surface area (Å²) in [5.74, 6) is 0.339. The van der Waals surface area contributed by atoms with Gasteiger partial charge < -0.3 is 14.2 Å². The van der Waals surface area contributed by atoms with Crippen LogP contribution in [0.4, 0.5) is 0 Å². The Bertz CT molecular complexity index is 970. The summed E-state index contributed by atoms with van der Waals surface area (Å²) in [6, 6.07) is 13.8. The van der Waals surface area contributed by atoms with Gasteiger partial charge in [-0.25, -0.2) is 4.79 Å². The van der Waals surface area contributed by atoms with Crippen molar-refractivity contribution in [2.24, 2.45) is 0 Å². The number of esters is 1. The van der Waals surface area contributed by atoms with Crippen molar-refractivity contribution in [3.05, 3.63) is 58.9 Å². The Morgan fingerprint density at radius 3 is 2.50 bits per heavy atom. The minimum atomic E-state index is -0.641. The van der Waals surface area contributed by atoms with Crippen molar-refractivity contribution in [1.29, 1.82) is 0 Å². The molecule has 0 radical (unpaired) electrons. The molecule has 3 rings (SSSR count). The van der Waals surface area contributed by atoms with Gasteiger partial charge >= 0.3 is 5.97 Å². The number of hydrogen-bond donors (Lipinski definition) is 0. The molecule has 0 unspecified atom stereocenters. The summed E-state index contributed by atoms with van der Waals surface area (Å²) in [6.45, 7) is 1.67. The molecule has 0 aliphatic heterocycles. The molecule has 0 aliphatic rings. The Labute approximate surface area is 148 Å². The van der Waals surface area contributed by atoms with Gasteiger partial charge in [-0.05, 0) is 31.2 Å². The second-order valence-electron chi connectivity index (χ2n) is 5.23. The second kappa shape index (κ2) is 8.11. The Hall–Kier alpha value is -3.42. The monoisotopic (exact) mass is 355 g/mol. The minimum absolute atomic E-state index is 0.320. The van der Waals surface area contributed by atoms with Gasteiger partial charge in [0, 0.05) is 0 Å². The molecule has 134 valence electrons. The van der Waals surface area contributed by atoms with Crippen molar-refractivity contribution < 1.29 is 19.0 Å². The summed E-state index contributed by atoms with van der Waals surface area (Å²) in [5, 5.41) is 8.07. The van der Waals surface area contributed by atoms with Crippen LogP contribution in [0.25, 0.3) is 10.9 Å². The molecule has 1 aromatic heterocycles. The summed E-state index contributed by atoms with van der Waals surface area (Å²) in [5.41, 5.74) is 0.0990. The van der Waals surface area contributed by atoms with Crippen molar-refractivity contribution in [1.82, 2.24) is 15.0 Å². The van der Waals surface area contributed by atoms with E-state index in [2.05, 4.69) is 10.3 Å². The number of fused-ring (bicyclic) bond motifs is 1. The summed E-state index contributed by atoms with van der Waals surface area (Å²) in [7, 11) is 0. The molecule has 0 saturated carbocycles. The van der Waals surface area contributed by atoms with Crippen LogP contribution in [-0.2, 0) is 16.3 Å². The Morgan fingerprint density at radius 1 is 1.04 bits per heavy atom. The molecule has 0 N–H and O–H groups in total. The third kappa shape index (κ3) is 3.97. The molecule has 8 nitrogen and oxygen atoms in total. The zero-order valence-corrected chi connectivity index (χ0v) is 14.1. The maximum Gasteiger partial charge on any atom is 0.345 e. The Kier molecular flexibility index (Phi) is 5.43. The van der Waals surface area contributed by atoms with Gasteiger partial charge in [0.15, 0.2) is 24.8 Å². The number of carbonyl (C=O) groups is 1. The predicted molar refractivity (Wildman–Crippen MR) is 93.0 cm³/mol. The van der Waals surface area contributed by atoms with E-state index in [1.807, 2.05) is 6.92 Å². The molecule has 0 bridgehead atoms. The van der Waals surface area contributed by atoms with E-state index in [0.717, 1.165) is 4.68 Å². The molecule has 1 heterocycles. The lowest BCUT2D eigenvalue weighted by molar-refractivity contribution is -0.150. The fraction of sp³-hybridized carbons (Fsp3) is 0.222. The number of rotatable bonds is 7. The zero-order chi connectivity index (χ0) is 18.4. The van der Waals surface area contributed by atoms with Crippen LogP contribution < -0.4 is 15.0 Å². The maximum atomic E-state index is 12.3. The van der Waals surface area contributed by atoms with Gasteiger partial charge in [0.25, 0.3) is 5.56 Å². The van der Waals surface area contributed by atoms with Gasteiger partial charge in [-0.1, -0.05) is 29.5 Å². The van der Waals surface area contributed by atoms with E-state index in [1.165, 1.54) is 0 Å². The second-order valence-corrected chi connectivity index (χ2v) is 5.23. The van der Waals surface area contributed by atoms with Crippen molar-refractivity contribution in [2.75, 3.05) is 13.2 Å². The van der Waals surface area contributed by atoms with Gasteiger partial charge in [-0.15, -0.1) is 5.10 Å². The van der Waals surface area contributed by atoms with E-state index >= 15 is 0 Å². The fourth-order valence-corrected chi connectivity index (χ4v) is 2.26.